The summed E-state index contributed by atoms with van der Waals surface area (Å²) < 4.78 is 26.7. The summed E-state index contributed by atoms with van der Waals surface area (Å²) in [5, 5.41) is 11.4. The first-order valence-corrected chi connectivity index (χ1v) is 10.9. The van der Waals surface area contributed by atoms with Crippen LogP contribution in [0.1, 0.15) is 50.5 Å². The number of piperidine rings is 1. The average Bonchev–Trinajstić information content (AvgIpc) is 2.65. The number of carbonyl (C=O) groups excluding carboxylic acids is 1. The minimum atomic E-state index is -3.45. The van der Waals surface area contributed by atoms with Gasteiger partial charge < -0.3 is 10.4 Å². The molecule has 7 nitrogen and oxygen atoms in total. The maximum atomic E-state index is 12.6. The summed E-state index contributed by atoms with van der Waals surface area (Å²) >= 11 is 0. The Labute approximate surface area is 160 Å². The van der Waals surface area contributed by atoms with Crippen LogP contribution in [0.25, 0.3) is 0 Å². The van der Waals surface area contributed by atoms with Gasteiger partial charge in [0.2, 0.25) is 15.9 Å². The molecule has 1 aromatic rings. The molecular formula is C19H28N2O5S. The molecule has 2 rings (SSSR count). The molecule has 0 aliphatic carbocycles. The molecule has 1 heterocycles. The Bertz CT molecular complexity index is 725. The maximum absolute atomic E-state index is 12.6. The monoisotopic (exact) mass is 396 g/mol. The molecule has 27 heavy (non-hydrogen) atoms. The van der Waals surface area contributed by atoms with E-state index in [1.807, 2.05) is 0 Å². The number of aliphatic carboxylic acids is 1. The molecule has 1 saturated heterocycles. The lowest BCUT2D eigenvalue weighted by Crippen LogP contribution is -2.35. The fourth-order valence-corrected chi connectivity index (χ4v) is 4.60. The smallest absolute Gasteiger partial charge is 0.303 e. The van der Waals surface area contributed by atoms with Crippen molar-refractivity contribution in [3.63, 3.8) is 0 Å². The normalized spacial score (nSPS) is 15.4. The van der Waals surface area contributed by atoms with E-state index >= 15 is 0 Å². The lowest BCUT2D eigenvalue weighted by Gasteiger charge is -2.25. The number of unbranched alkanes of at least 4 members (excludes halogenated alkanes) is 2. The van der Waals surface area contributed by atoms with Gasteiger partial charge in [-0.3, -0.25) is 9.59 Å². The maximum Gasteiger partial charge on any atom is 0.303 e. The van der Waals surface area contributed by atoms with Gasteiger partial charge in [-0.2, -0.15) is 4.31 Å². The number of hydrogen-bond acceptors (Lipinski definition) is 4. The van der Waals surface area contributed by atoms with Crippen LogP contribution >= 0.6 is 0 Å². The number of nitrogens with zero attached hydrogens (tertiary/aromatic N) is 1. The van der Waals surface area contributed by atoms with Gasteiger partial charge in [-0.25, -0.2) is 8.42 Å². The number of amides is 1. The van der Waals surface area contributed by atoms with Crippen molar-refractivity contribution in [3.8, 4) is 0 Å². The van der Waals surface area contributed by atoms with Crippen molar-refractivity contribution in [1.82, 2.24) is 9.62 Å². The molecule has 0 spiro atoms. The molecular weight excluding hydrogens is 368 g/mol. The highest BCUT2D eigenvalue weighted by Crippen LogP contribution is 2.20. The molecule has 1 aromatic carbocycles. The van der Waals surface area contributed by atoms with Crippen LogP contribution in [-0.4, -0.2) is 49.3 Å². The van der Waals surface area contributed by atoms with Crippen molar-refractivity contribution in [1.29, 1.82) is 0 Å². The van der Waals surface area contributed by atoms with E-state index in [0.29, 0.717) is 26.1 Å². The lowest BCUT2D eigenvalue weighted by atomic mass is 10.1. The van der Waals surface area contributed by atoms with E-state index in [-0.39, 0.29) is 23.6 Å². The predicted octanol–water partition coefficient (Wildman–Crippen LogP) is 2.16. The first-order valence-electron chi connectivity index (χ1n) is 9.47. The van der Waals surface area contributed by atoms with Crippen LogP contribution in [-0.2, 0) is 26.0 Å². The number of nitrogens with one attached hydrogen (secondary N) is 1. The van der Waals surface area contributed by atoms with Crippen LogP contribution in [0.15, 0.2) is 29.2 Å². The van der Waals surface area contributed by atoms with Crippen molar-refractivity contribution < 1.29 is 23.1 Å². The first kappa shape index (κ1) is 21.4. The van der Waals surface area contributed by atoms with Crippen LogP contribution in [0, 0.1) is 0 Å². The highest BCUT2D eigenvalue weighted by Gasteiger charge is 2.25. The third kappa shape index (κ3) is 6.95. The summed E-state index contributed by atoms with van der Waals surface area (Å²) in [4.78, 5) is 22.6. The van der Waals surface area contributed by atoms with Crippen molar-refractivity contribution >= 4 is 21.9 Å². The second-order valence-corrected chi connectivity index (χ2v) is 8.78. The average molecular weight is 397 g/mol. The Balaban J connectivity index is 1.77. The molecule has 0 bridgehead atoms. The number of carboxylic acids is 1. The third-order valence-corrected chi connectivity index (χ3v) is 6.54. The molecule has 1 fully saturated rings. The van der Waals surface area contributed by atoms with E-state index < -0.39 is 16.0 Å². The number of rotatable bonds is 10. The first-order chi connectivity index (χ1) is 12.9. The minimum absolute atomic E-state index is 0.125. The van der Waals surface area contributed by atoms with E-state index in [4.69, 9.17) is 5.11 Å². The third-order valence-electron chi connectivity index (χ3n) is 4.63. The Morgan fingerprint density at radius 1 is 1.00 bits per heavy atom. The van der Waals surface area contributed by atoms with Crippen molar-refractivity contribution in [2.24, 2.45) is 0 Å². The van der Waals surface area contributed by atoms with Gasteiger partial charge in [0.1, 0.15) is 0 Å². The zero-order chi connectivity index (χ0) is 19.7. The van der Waals surface area contributed by atoms with Crippen LogP contribution in [0.2, 0.25) is 0 Å². The van der Waals surface area contributed by atoms with E-state index in [9.17, 15) is 18.0 Å². The van der Waals surface area contributed by atoms with Crippen LogP contribution in [0.3, 0.4) is 0 Å². The van der Waals surface area contributed by atoms with Crippen LogP contribution in [0.5, 0.6) is 0 Å². The molecule has 0 saturated carbocycles. The van der Waals surface area contributed by atoms with E-state index in [2.05, 4.69) is 5.32 Å². The van der Waals surface area contributed by atoms with E-state index in [1.165, 1.54) is 4.31 Å². The van der Waals surface area contributed by atoms with Gasteiger partial charge >= 0.3 is 5.97 Å². The molecule has 1 aliphatic rings. The summed E-state index contributed by atoms with van der Waals surface area (Å²) in [6.07, 6.45) is 5.32. The van der Waals surface area contributed by atoms with Crippen LogP contribution in [0.4, 0.5) is 0 Å². The Kier molecular flexibility index (Phi) is 8.24. The van der Waals surface area contributed by atoms with Crippen molar-refractivity contribution in [2.75, 3.05) is 19.6 Å². The summed E-state index contributed by atoms with van der Waals surface area (Å²) in [6, 6.07) is 6.50. The molecule has 0 radical (unpaired) electrons. The largest absolute Gasteiger partial charge is 0.481 e. The highest BCUT2D eigenvalue weighted by atomic mass is 32.2. The van der Waals surface area contributed by atoms with Crippen molar-refractivity contribution in [2.45, 2.75) is 56.3 Å². The number of hydrogen-bond donors (Lipinski definition) is 2. The number of carboxylic acid groups (broad SMARTS) is 1. The number of sulfonamides is 1. The van der Waals surface area contributed by atoms with Gasteiger partial charge in [-0.1, -0.05) is 25.0 Å². The summed E-state index contributed by atoms with van der Waals surface area (Å²) in [6.45, 7) is 1.65. The van der Waals surface area contributed by atoms with Gasteiger partial charge in [0.15, 0.2) is 0 Å². The Morgan fingerprint density at radius 2 is 1.67 bits per heavy atom. The topological polar surface area (TPSA) is 104 Å². The molecule has 1 amide bonds. The predicted molar refractivity (Wildman–Crippen MR) is 102 cm³/mol. The Morgan fingerprint density at radius 3 is 2.30 bits per heavy atom. The van der Waals surface area contributed by atoms with Gasteiger partial charge in [0.05, 0.1) is 11.3 Å². The van der Waals surface area contributed by atoms with Gasteiger partial charge in [0.25, 0.3) is 0 Å². The highest BCUT2D eigenvalue weighted by molar-refractivity contribution is 7.89. The van der Waals surface area contributed by atoms with Crippen LogP contribution < -0.4 is 5.32 Å². The van der Waals surface area contributed by atoms with E-state index in [0.717, 1.165) is 37.7 Å². The quantitative estimate of drug-likeness (QED) is 0.590. The minimum Gasteiger partial charge on any atom is -0.481 e. The van der Waals surface area contributed by atoms with Crippen molar-refractivity contribution in [3.05, 3.63) is 29.8 Å². The summed E-state index contributed by atoms with van der Waals surface area (Å²) in [5.74, 6) is -0.926. The fraction of sp³-hybridized carbons (Fsp3) is 0.579. The fourth-order valence-electron chi connectivity index (χ4n) is 3.09. The second-order valence-electron chi connectivity index (χ2n) is 6.84. The standard InChI is InChI=1S/C19H28N2O5S/c22-18(20-12-4-1-3-7-19(23)24)15-16-8-10-17(11-9-16)27(25,26)21-13-5-2-6-14-21/h8-11H,1-7,12-15H2,(H,20,22)(H,23,24). The van der Waals surface area contributed by atoms with Gasteiger partial charge in [0, 0.05) is 26.1 Å². The van der Waals surface area contributed by atoms with E-state index in [1.54, 1.807) is 24.3 Å². The summed E-state index contributed by atoms with van der Waals surface area (Å²) in [7, 11) is -3.45. The zero-order valence-corrected chi connectivity index (χ0v) is 16.3. The Hall–Kier alpha value is -1.93. The molecule has 1 aliphatic heterocycles. The molecule has 0 atom stereocenters. The van der Waals surface area contributed by atoms with Gasteiger partial charge in [-0.05, 0) is 43.4 Å². The van der Waals surface area contributed by atoms with Gasteiger partial charge in [-0.15, -0.1) is 0 Å². The zero-order valence-electron chi connectivity index (χ0n) is 15.5. The number of carbonyl (C=O) groups is 2. The molecule has 8 heteroatoms. The SMILES string of the molecule is O=C(O)CCCCCNC(=O)Cc1ccc(S(=O)(=O)N2CCCCC2)cc1. The lowest BCUT2D eigenvalue weighted by molar-refractivity contribution is -0.137. The summed E-state index contributed by atoms with van der Waals surface area (Å²) in [5.41, 5.74) is 0.760. The molecule has 150 valence electrons. The molecule has 2 N–H and O–H groups in total. The molecule has 0 aromatic heterocycles. The molecule has 0 unspecified atom stereocenters. The second kappa shape index (κ2) is 10.4. The number of benzene rings is 1.